The third kappa shape index (κ3) is 5.95. The van der Waals surface area contributed by atoms with Crippen molar-refractivity contribution in [1.29, 1.82) is 0 Å². The van der Waals surface area contributed by atoms with Gasteiger partial charge in [-0.05, 0) is 46.0 Å². The van der Waals surface area contributed by atoms with Gasteiger partial charge < -0.3 is 0 Å². The first-order chi connectivity index (χ1) is 7.69. The second kappa shape index (κ2) is 9.45. The van der Waals surface area contributed by atoms with E-state index in [1.165, 1.54) is 37.7 Å². The molecule has 0 atom stereocenters. The Morgan fingerprint density at radius 3 is 2.25 bits per heavy atom. The Morgan fingerprint density at radius 1 is 1.12 bits per heavy atom. The summed E-state index contributed by atoms with van der Waals surface area (Å²) in [4.78, 5) is 0. The molecule has 92 valence electrons. The highest BCUT2D eigenvalue weighted by atomic mass is 14.1. The highest BCUT2D eigenvalue weighted by Gasteiger charge is 2.02. The standard InChI is InChI=1S/C16H28/c1-6-10-14(5)16(9-4)13-12-15(8-3)11-7-2/h7-8H,2,6,9-13H2,1,3-5H3/b15-8-,16-14+. The van der Waals surface area contributed by atoms with Gasteiger partial charge in [0.2, 0.25) is 0 Å². The zero-order valence-corrected chi connectivity index (χ0v) is 11.6. The third-order valence-electron chi connectivity index (χ3n) is 3.22. The van der Waals surface area contributed by atoms with Crippen molar-refractivity contribution in [3.05, 3.63) is 35.5 Å². The van der Waals surface area contributed by atoms with E-state index in [0.29, 0.717) is 0 Å². The van der Waals surface area contributed by atoms with Crippen LogP contribution in [0.5, 0.6) is 0 Å². The molecule has 0 unspecified atom stereocenters. The van der Waals surface area contributed by atoms with Gasteiger partial charge >= 0.3 is 0 Å². The molecule has 0 saturated heterocycles. The lowest BCUT2D eigenvalue weighted by Gasteiger charge is -2.11. The van der Waals surface area contributed by atoms with Crippen molar-refractivity contribution < 1.29 is 0 Å². The molecule has 0 heterocycles. The summed E-state index contributed by atoms with van der Waals surface area (Å²) in [5.74, 6) is 0. The summed E-state index contributed by atoms with van der Waals surface area (Å²) in [6.45, 7) is 12.8. The van der Waals surface area contributed by atoms with Crippen LogP contribution in [0.4, 0.5) is 0 Å². The molecule has 16 heavy (non-hydrogen) atoms. The van der Waals surface area contributed by atoms with Crippen LogP contribution in [-0.2, 0) is 0 Å². The van der Waals surface area contributed by atoms with E-state index in [2.05, 4.69) is 40.3 Å². The largest absolute Gasteiger partial charge is 0.103 e. The maximum Gasteiger partial charge on any atom is -0.0142 e. The summed E-state index contributed by atoms with van der Waals surface area (Å²) in [7, 11) is 0. The van der Waals surface area contributed by atoms with Gasteiger partial charge in [0.15, 0.2) is 0 Å². The summed E-state index contributed by atoms with van der Waals surface area (Å²) in [6.07, 6.45) is 11.4. The lowest BCUT2D eigenvalue weighted by molar-refractivity contribution is 0.803. The van der Waals surface area contributed by atoms with Gasteiger partial charge in [-0.25, -0.2) is 0 Å². The smallest absolute Gasteiger partial charge is 0.0142 e. The van der Waals surface area contributed by atoms with Gasteiger partial charge in [0.05, 0.1) is 0 Å². The topological polar surface area (TPSA) is 0 Å². The van der Waals surface area contributed by atoms with Crippen LogP contribution in [0.15, 0.2) is 35.5 Å². The molecule has 0 aliphatic carbocycles. The van der Waals surface area contributed by atoms with Crippen LogP contribution in [0, 0.1) is 0 Å². The molecule has 0 spiro atoms. The van der Waals surface area contributed by atoms with Gasteiger partial charge in [-0.2, -0.15) is 0 Å². The zero-order valence-electron chi connectivity index (χ0n) is 11.6. The van der Waals surface area contributed by atoms with Crippen LogP contribution in [-0.4, -0.2) is 0 Å². The average Bonchev–Trinajstić information content (AvgIpc) is 2.28. The van der Waals surface area contributed by atoms with Gasteiger partial charge in [0.25, 0.3) is 0 Å². The molecule has 0 N–H and O–H groups in total. The number of rotatable bonds is 8. The Labute approximate surface area is 102 Å². The predicted octanol–water partition coefficient (Wildman–Crippen LogP) is 5.82. The van der Waals surface area contributed by atoms with E-state index < -0.39 is 0 Å². The van der Waals surface area contributed by atoms with Crippen molar-refractivity contribution in [1.82, 2.24) is 0 Å². The van der Waals surface area contributed by atoms with Crippen molar-refractivity contribution in [2.45, 2.75) is 66.2 Å². The molecule has 0 bridgehead atoms. The Hall–Kier alpha value is -0.780. The number of allylic oxidation sites excluding steroid dienone is 5. The fraction of sp³-hybridized carbons (Fsp3) is 0.625. The predicted molar refractivity (Wildman–Crippen MR) is 75.7 cm³/mol. The molecule has 0 aromatic rings. The molecule has 0 rings (SSSR count). The molecule has 0 radical (unpaired) electrons. The molecule has 0 aliphatic rings. The van der Waals surface area contributed by atoms with E-state index in [4.69, 9.17) is 0 Å². The van der Waals surface area contributed by atoms with Crippen LogP contribution in [0.25, 0.3) is 0 Å². The minimum atomic E-state index is 1.04. The third-order valence-corrected chi connectivity index (χ3v) is 3.22. The summed E-state index contributed by atoms with van der Waals surface area (Å²) in [6, 6.07) is 0. The molecule has 0 aromatic heterocycles. The van der Waals surface area contributed by atoms with E-state index in [1.807, 2.05) is 6.08 Å². The van der Waals surface area contributed by atoms with E-state index in [1.54, 1.807) is 11.1 Å². The SMILES string of the molecule is C=CC/C(=C/C)CC/C(CC)=C(\C)CCC. The van der Waals surface area contributed by atoms with Crippen LogP contribution in [0.3, 0.4) is 0 Å². The van der Waals surface area contributed by atoms with Crippen molar-refractivity contribution in [3.63, 3.8) is 0 Å². The molecule has 0 amide bonds. The maximum atomic E-state index is 3.81. The molecule has 0 nitrogen and oxygen atoms in total. The second-order valence-electron chi connectivity index (χ2n) is 4.43. The molecule has 0 saturated carbocycles. The van der Waals surface area contributed by atoms with Gasteiger partial charge in [-0.3, -0.25) is 0 Å². The molecule has 0 aliphatic heterocycles. The summed E-state index contributed by atoms with van der Waals surface area (Å²) < 4.78 is 0. The molecule has 0 aromatic carbocycles. The second-order valence-corrected chi connectivity index (χ2v) is 4.43. The Morgan fingerprint density at radius 2 is 1.81 bits per heavy atom. The van der Waals surface area contributed by atoms with Crippen LogP contribution >= 0.6 is 0 Å². The van der Waals surface area contributed by atoms with Crippen LogP contribution in [0.1, 0.15) is 66.2 Å². The lowest BCUT2D eigenvalue weighted by atomic mass is 9.95. The summed E-state index contributed by atoms with van der Waals surface area (Å²) in [5.41, 5.74) is 4.79. The summed E-state index contributed by atoms with van der Waals surface area (Å²) in [5, 5.41) is 0. The zero-order chi connectivity index (χ0) is 12.4. The Balaban J connectivity index is 4.33. The number of hydrogen-bond acceptors (Lipinski definition) is 0. The quantitative estimate of drug-likeness (QED) is 0.452. The van der Waals surface area contributed by atoms with Crippen molar-refractivity contribution in [2.24, 2.45) is 0 Å². The Kier molecular flexibility index (Phi) is 8.99. The van der Waals surface area contributed by atoms with E-state index in [0.717, 1.165) is 6.42 Å². The maximum absolute atomic E-state index is 3.81. The fourth-order valence-electron chi connectivity index (χ4n) is 2.10. The lowest BCUT2D eigenvalue weighted by Crippen LogP contribution is -1.91. The van der Waals surface area contributed by atoms with Crippen molar-refractivity contribution in [2.75, 3.05) is 0 Å². The normalized spacial score (nSPS) is 13.6. The van der Waals surface area contributed by atoms with E-state index in [9.17, 15) is 0 Å². The minimum Gasteiger partial charge on any atom is -0.103 e. The van der Waals surface area contributed by atoms with Crippen LogP contribution < -0.4 is 0 Å². The van der Waals surface area contributed by atoms with Crippen LogP contribution in [0.2, 0.25) is 0 Å². The monoisotopic (exact) mass is 220 g/mol. The van der Waals surface area contributed by atoms with E-state index >= 15 is 0 Å². The first-order valence-corrected chi connectivity index (χ1v) is 6.61. The van der Waals surface area contributed by atoms with Crippen molar-refractivity contribution in [3.8, 4) is 0 Å². The number of hydrogen-bond donors (Lipinski definition) is 0. The first kappa shape index (κ1) is 15.2. The molecule has 0 fully saturated rings. The van der Waals surface area contributed by atoms with Crippen molar-refractivity contribution >= 4 is 0 Å². The van der Waals surface area contributed by atoms with Gasteiger partial charge in [0.1, 0.15) is 0 Å². The van der Waals surface area contributed by atoms with Gasteiger partial charge in [-0.15, -0.1) is 6.58 Å². The highest BCUT2D eigenvalue weighted by Crippen LogP contribution is 2.22. The average molecular weight is 220 g/mol. The minimum absolute atomic E-state index is 1.04. The highest BCUT2D eigenvalue weighted by molar-refractivity contribution is 5.15. The van der Waals surface area contributed by atoms with Gasteiger partial charge in [-0.1, -0.05) is 49.1 Å². The first-order valence-electron chi connectivity index (χ1n) is 6.61. The molecular formula is C16H28. The molecule has 0 heteroatoms. The fourth-order valence-corrected chi connectivity index (χ4v) is 2.10. The summed E-state index contributed by atoms with van der Waals surface area (Å²) >= 11 is 0. The van der Waals surface area contributed by atoms with E-state index in [-0.39, 0.29) is 0 Å². The molecular weight excluding hydrogens is 192 g/mol. The Bertz CT molecular complexity index is 253. The van der Waals surface area contributed by atoms with Gasteiger partial charge in [0, 0.05) is 0 Å².